The lowest BCUT2D eigenvalue weighted by molar-refractivity contribution is 0.137. The molecule has 1 N–H and O–H groups in total. The van der Waals surface area contributed by atoms with Crippen LogP contribution in [-0.2, 0) is 5.41 Å². The molecule has 4 heteroatoms. The summed E-state index contributed by atoms with van der Waals surface area (Å²) in [6.07, 6.45) is 7.82. The molecule has 0 aromatic heterocycles. The van der Waals surface area contributed by atoms with Crippen LogP contribution in [0.4, 0.5) is 0 Å². The van der Waals surface area contributed by atoms with Crippen LogP contribution in [0.5, 0.6) is 11.5 Å². The quantitative estimate of drug-likeness (QED) is 0.642. The second-order valence-electron chi connectivity index (χ2n) is 7.02. The van der Waals surface area contributed by atoms with Gasteiger partial charge in [-0.25, -0.2) is 0 Å². The minimum atomic E-state index is -0.345. The number of aliphatic hydroxyl groups excluding tert-OH is 1. The summed E-state index contributed by atoms with van der Waals surface area (Å²) in [5.41, 5.74) is 1.22. The maximum atomic E-state index is 10.1. The van der Waals surface area contributed by atoms with E-state index in [9.17, 15) is 5.11 Å². The topological polar surface area (TPSA) is 41.9 Å². The average molecular weight is 331 g/mol. The van der Waals surface area contributed by atoms with E-state index in [-0.39, 0.29) is 11.5 Å². The van der Waals surface area contributed by atoms with Gasteiger partial charge in [0.2, 0.25) is 0 Å². The smallest absolute Gasteiger partial charge is 0.161 e. The van der Waals surface area contributed by atoms with Crippen molar-refractivity contribution in [1.29, 1.82) is 0 Å². The van der Waals surface area contributed by atoms with E-state index < -0.39 is 0 Å². The first kappa shape index (κ1) is 17.3. The van der Waals surface area contributed by atoms with E-state index in [1.807, 2.05) is 12.1 Å². The second-order valence-corrected chi connectivity index (χ2v) is 7.02. The SMILES string of the molecule is CCCCOc1cc([C@@]23C=C[C@H](O)CC2N(C)CC3)ccc1OC. The summed E-state index contributed by atoms with van der Waals surface area (Å²) in [7, 11) is 3.84. The van der Waals surface area contributed by atoms with Gasteiger partial charge in [0.1, 0.15) is 0 Å². The van der Waals surface area contributed by atoms with Crippen LogP contribution in [0.15, 0.2) is 30.4 Å². The number of aliphatic hydroxyl groups is 1. The average Bonchev–Trinajstić information content (AvgIpc) is 2.93. The first-order valence-corrected chi connectivity index (χ1v) is 8.99. The Morgan fingerprint density at radius 1 is 1.33 bits per heavy atom. The van der Waals surface area contributed by atoms with Crippen LogP contribution in [0.2, 0.25) is 0 Å². The largest absolute Gasteiger partial charge is 0.493 e. The lowest BCUT2D eigenvalue weighted by Crippen LogP contribution is -2.44. The molecule has 1 fully saturated rings. The standard InChI is InChI=1S/C20H29NO3/c1-4-5-12-24-18-13-15(6-7-17(18)23-3)20-9-8-16(22)14-19(20)21(2)11-10-20/h6-9,13,16,19,22H,4-5,10-12,14H2,1-3H3/t16-,19?,20-/m0/s1. The molecule has 1 heterocycles. The number of fused-ring (bicyclic) bond motifs is 1. The fourth-order valence-electron chi connectivity index (χ4n) is 4.09. The molecule has 3 atom stereocenters. The van der Waals surface area contributed by atoms with Crippen molar-refractivity contribution in [2.75, 3.05) is 27.3 Å². The molecule has 1 unspecified atom stereocenters. The number of hydrogen-bond donors (Lipinski definition) is 1. The van der Waals surface area contributed by atoms with Gasteiger partial charge in [0.25, 0.3) is 0 Å². The molecule has 3 rings (SSSR count). The van der Waals surface area contributed by atoms with Crippen LogP contribution in [0, 0.1) is 0 Å². The highest BCUT2D eigenvalue weighted by Gasteiger charge is 2.48. The van der Waals surface area contributed by atoms with E-state index in [1.54, 1.807) is 7.11 Å². The van der Waals surface area contributed by atoms with Gasteiger partial charge in [-0.1, -0.05) is 31.6 Å². The zero-order chi connectivity index (χ0) is 17.2. The molecule has 0 saturated carbocycles. The Bertz CT molecular complexity index is 601. The third kappa shape index (κ3) is 3.05. The summed E-state index contributed by atoms with van der Waals surface area (Å²) >= 11 is 0. The van der Waals surface area contributed by atoms with Crippen molar-refractivity contribution in [1.82, 2.24) is 4.90 Å². The Kier molecular flexibility index (Phi) is 5.16. The van der Waals surface area contributed by atoms with Crippen LogP contribution < -0.4 is 9.47 Å². The van der Waals surface area contributed by atoms with Crippen molar-refractivity contribution in [3.63, 3.8) is 0 Å². The predicted molar refractivity (Wildman–Crippen MR) is 95.9 cm³/mol. The van der Waals surface area contributed by atoms with Gasteiger partial charge in [0.15, 0.2) is 11.5 Å². The second kappa shape index (κ2) is 7.16. The molecule has 1 aliphatic heterocycles. The van der Waals surface area contributed by atoms with E-state index in [0.29, 0.717) is 12.6 Å². The number of likely N-dealkylation sites (tertiary alicyclic amines) is 1. The van der Waals surface area contributed by atoms with Gasteiger partial charge in [-0.3, -0.25) is 0 Å². The van der Waals surface area contributed by atoms with Crippen molar-refractivity contribution in [2.24, 2.45) is 0 Å². The van der Waals surface area contributed by atoms with Gasteiger partial charge >= 0.3 is 0 Å². The third-order valence-electron chi connectivity index (χ3n) is 5.54. The normalized spacial score (nSPS) is 29.5. The van der Waals surface area contributed by atoms with Crippen LogP contribution in [-0.4, -0.2) is 49.5 Å². The van der Waals surface area contributed by atoms with E-state index in [1.165, 1.54) is 5.56 Å². The van der Waals surface area contributed by atoms with Gasteiger partial charge < -0.3 is 19.5 Å². The summed E-state index contributed by atoms with van der Waals surface area (Å²) in [5.74, 6) is 1.61. The minimum absolute atomic E-state index is 0.0386. The molecule has 0 spiro atoms. The maximum Gasteiger partial charge on any atom is 0.161 e. The number of nitrogens with zero attached hydrogens (tertiary/aromatic N) is 1. The van der Waals surface area contributed by atoms with Crippen molar-refractivity contribution < 1.29 is 14.6 Å². The van der Waals surface area contributed by atoms with E-state index >= 15 is 0 Å². The molecule has 2 aliphatic rings. The van der Waals surface area contributed by atoms with Gasteiger partial charge in [-0.15, -0.1) is 0 Å². The molecule has 1 saturated heterocycles. The molecule has 0 radical (unpaired) electrons. The fourth-order valence-corrected chi connectivity index (χ4v) is 4.09. The van der Waals surface area contributed by atoms with Gasteiger partial charge in [-0.2, -0.15) is 0 Å². The van der Waals surface area contributed by atoms with Crippen molar-refractivity contribution in [2.45, 2.75) is 50.2 Å². The maximum absolute atomic E-state index is 10.1. The van der Waals surface area contributed by atoms with E-state index in [4.69, 9.17) is 9.47 Å². The monoisotopic (exact) mass is 331 g/mol. The summed E-state index contributed by atoms with van der Waals surface area (Å²) in [6.45, 7) is 3.91. The first-order valence-electron chi connectivity index (χ1n) is 8.99. The molecular weight excluding hydrogens is 302 g/mol. The van der Waals surface area contributed by atoms with Crippen LogP contribution in [0.3, 0.4) is 0 Å². The number of rotatable bonds is 6. The molecule has 1 aromatic carbocycles. The highest BCUT2D eigenvalue weighted by atomic mass is 16.5. The molecule has 24 heavy (non-hydrogen) atoms. The van der Waals surface area contributed by atoms with Crippen molar-refractivity contribution >= 4 is 0 Å². The predicted octanol–water partition coefficient (Wildman–Crippen LogP) is 3.14. The van der Waals surface area contributed by atoms with Crippen LogP contribution >= 0.6 is 0 Å². The van der Waals surface area contributed by atoms with Crippen molar-refractivity contribution in [3.8, 4) is 11.5 Å². The number of ether oxygens (including phenoxy) is 2. The summed E-state index contributed by atoms with van der Waals surface area (Å²) in [6, 6.07) is 6.64. The lowest BCUT2D eigenvalue weighted by atomic mass is 9.69. The number of benzene rings is 1. The Labute approximate surface area is 145 Å². The molecule has 4 nitrogen and oxygen atoms in total. The van der Waals surface area contributed by atoms with Crippen molar-refractivity contribution in [3.05, 3.63) is 35.9 Å². The highest BCUT2D eigenvalue weighted by molar-refractivity contribution is 5.48. The van der Waals surface area contributed by atoms with Gasteiger partial charge in [0.05, 0.1) is 19.8 Å². The van der Waals surface area contributed by atoms with Gasteiger partial charge in [0, 0.05) is 11.5 Å². The Morgan fingerprint density at radius 2 is 2.17 bits per heavy atom. The lowest BCUT2D eigenvalue weighted by Gasteiger charge is -2.39. The molecule has 1 aliphatic carbocycles. The molecule has 1 aromatic rings. The minimum Gasteiger partial charge on any atom is -0.493 e. The summed E-state index contributed by atoms with van der Waals surface area (Å²) in [5, 5.41) is 10.1. The fraction of sp³-hybridized carbons (Fsp3) is 0.600. The third-order valence-corrected chi connectivity index (χ3v) is 5.54. The summed E-state index contributed by atoms with van der Waals surface area (Å²) < 4.78 is 11.5. The van der Waals surface area contributed by atoms with Gasteiger partial charge in [-0.05, 0) is 50.6 Å². The summed E-state index contributed by atoms with van der Waals surface area (Å²) in [4.78, 5) is 2.37. The number of likely N-dealkylation sites (N-methyl/N-ethyl adjacent to an activating group) is 1. The Morgan fingerprint density at radius 3 is 2.92 bits per heavy atom. The number of hydrogen-bond acceptors (Lipinski definition) is 4. The van der Waals surface area contributed by atoms with E-state index in [0.717, 1.165) is 43.7 Å². The highest BCUT2D eigenvalue weighted by Crippen LogP contribution is 2.47. The van der Waals surface area contributed by atoms with E-state index in [2.05, 4.69) is 37.1 Å². The number of unbranched alkanes of at least 4 members (excludes halogenated alkanes) is 1. The Balaban J connectivity index is 1.95. The number of methoxy groups -OCH3 is 1. The Hall–Kier alpha value is -1.52. The molecule has 0 amide bonds. The zero-order valence-corrected chi connectivity index (χ0v) is 15.0. The molecular formula is C20H29NO3. The molecule has 0 bridgehead atoms. The molecule has 132 valence electrons. The first-order chi connectivity index (χ1) is 11.6. The zero-order valence-electron chi connectivity index (χ0n) is 15.0. The van der Waals surface area contributed by atoms with Crippen LogP contribution in [0.1, 0.15) is 38.2 Å². The van der Waals surface area contributed by atoms with Crippen LogP contribution in [0.25, 0.3) is 0 Å².